The van der Waals surface area contributed by atoms with Gasteiger partial charge in [0.1, 0.15) is 0 Å². The Bertz CT molecular complexity index is 358. The van der Waals surface area contributed by atoms with Crippen LogP contribution in [0.2, 0.25) is 0 Å². The molecule has 6 heteroatoms. The first-order chi connectivity index (χ1) is 7.83. The number of pyridine rings is 1. The van der Waals surface area contributed by atoms with Gasteiger partial charge in [-0.3, -0.25) is 4.90 Å². The molecule has 3 saturated heterocycles. The van der Waals surface area contributed by atoms with Gasteiger partial charge in [0.15, 0.2) is 0 Å². The summed E-state index contributed by atoms with van der Waals surface area (Å²) in [5.41, 5.74) is 1.27. The summed E-state index contributed by atoms with van der Waals surface area (Å²) >= 11 is 0. The minimum absolute atomic E-state index is 0. The van der Waals surface area contributed by atoms with Crippen LogP contribution < -0.4 is 10.1 Å². The number of hydrogen-bond acceptors (Lipinski definition) is 4. The Labute approximate surface area is 120 Å². The van der Waals surface area contributed by atoms with E-state index < -0.39 is 0 Å². The largest absolute Gasteiger partial charge is 0.481 e. The number of methoxy groups -OCH3 is 1. The maximum Gasteiger partial charge on any atom is 0.212 e. The van der Waals surface area contributed by atoms with Crippen molar-refractivity contribution in [2.45, 2.75) is 25.0 Å². The molecule has 0 radical (unpaired) electrons. The first kappa shape index (κ1) is 15.5. The number of nitrogens with zero attached hydrogens (tertiary/aromatic N) is 2. The van der Waals surface area contributed by atoms with E-state index >= 15 is 0 Å². The molecule has 4 rings (SSSR count). The highest BCUT2D eigenvalue weighted by molar-refractivity contribution is 5.85. The molecular formula is C12H19Cl2N3O. The highest BCUT2D eigenvalue weighted by Gasteiger charge is 2.35. The van der Waals surface area contributed by atoms with E-state index in [4.69, 9.17) is 4.74 Å². The van der Waals surface area contributed by atoms with Gasteiger partial charge in [-0.05, 0) is 12.0 Å². The Balaban J connectivity index is 0.000000810. The number of halogens is 2. The Morgan fingerprint density at radius 1 is 1.33 bits per heavy atom. The Morgan fingerprint density at radius 3 is 2.50 bits per heavy atom. The van der Waals surface area contributed by atoms with Crippen LogP contribution >= 0.6 is 24.8 Å². The third-order valence-corrected chi connectivity index (χ3v) is 3.41. The highest BCUT2D eigenvalue weighted by atomic mass is 35.5. The van der Waals surface area contributed by atoms with Gasteiger partial charge in [-0.15, -0.1) is 24.8 Å². The fourth-order valence-electron chi connectivity index (χ4n) is 2.62. The second-order valence-electron chi connectivity index (χ2n) is 4.70. The molecule has 1 aromatic heterocycles. The lowest BCUT2D eigenvalue weighted by Gasteiger charge is -2.48. The number of piperidine rings is 1. The molecule has 2 bridgehead atoms. The van der Waals surface area contributed by atoms with Gasteiger partial charge in [0, 0.05) is 44.0 Å². The molecule has 0 aromatic carbocycles. The van der Waals surface area contributed by atoms with Crippen molar-refractivity contribution in [3.05, 3.63) is 23.9 Å². The van der Waals surface area contributed by atoms with Crippen molar-refractivity contribution >= 4 is 24.8 Å². The van der Waals surface area contributed by atoms with Crippen LogP contribution in [0.1, 0.15) is 12.0 Å². The average molecular weight is 292 g/mol. The van der Waals surface area contributed by atoms with Crippen LogP contribution in [-0.4, -0.2) is 42.2 Å². The topological polar surface area (TPSA) is 37.4 Å². The number of ether oxygens (including phenoxy) is 1. The third-order valence-electron chi connectivity index (χ3n) is 3.41. The zero-order valence-electron chi connectivity index (χ0n) is 10.3. The number of piperazine rings is 1. The van der Waals surface area contributed by atoms with Gasteiger partial charge in [0.25, 0.3) is 0 Å². The van der Waals surface area contributed by atoms with Crippen molar-refractivity contribution in [2.75, 3.05) is 20.2 Å². The summed E-state index contributed by atoms with van der Waals surface area (Å²) in [4.78, 5) is 6.73. The molecule has 102 valence electrons. The summed E-state index contributed by atoms with van der Waals surface area (Å²) in [6.07, 6.45) is 3.27. The smallest absolute Gasteiger partial charge is 0.212 e. The van der Waals surface area contributed by atoms with Crippen molar-refractivity contribution in [3.8, 4) is 5.88 Å². The van der Waals surface area contributed by atoms with E-state index in [1.54, 1.807) is 7.11 Å². The number of aromatic nitrogens is 1. The van der Waals surface area contributed by atoms with E-state index in [2.05, 4.69) is 21.3 Å². The maximum atomic E-state index is 5.05. The molecule has 4 nitrogen and oxygen atoms in total. The molecule has 0 amide bonds. The molecule has 0 aliphatic carbocycles. The minimum atomic E-state index is 0. The molecule has 3 fully saturated rings. The van der Waals surface area contributed by atoms with Crippen LogP contribution in [0.15, 0.2) is 18.3 Å². The monoisotopic (exact) mass is 291 g/mol. The lowest BCUT2D eigenvalue weighted by molar-refractivity contribution is 0.0725. The average Bonchev–Trinajstić information content (AvgIpc) is 2.29. The van der Waals surface area contributed by atoms with Crippen LogP contribution in [-0.2, 0) is 6.54 Å². The molecule has 0 saturated carbocycles. The summed E-state index contributed by atoms with van der Waals surface area (Å²) in [7, 11) is 1.64. The normalized spacial score (nSPS) is 25.4. The second-order valence-corrected chi connectivity index (χ2v) is 4.70. The van der Waals surface area contributed by atoms with Gasteiger partial charge in [0.2, 0.25) is 5.88 Å². The molecule has 18 heavy (non-hydrogen) atoms. The third kappa shape index (κ3) is 3.26. The Hall–Kier alpha value is -0.550. The number of nitrogens with one attached hydrogen (secondary N) is 1. The zero-order valence-corrected chi connectivity index (χ0v) is 12.0. The lowest BCUT2D eigenvalue weighted by atomic mass is 9.91. The van der Waals surface area contributed by atoms with Crippen molar-refractivity contribution in [3.63, 3.8) is 0 Å². The van der Waals surface area contributed by atoms with Crippen LogP contribution in [0.5, 0.6) is 5.88 Å². The van der Waals surface area contributed by atoms with E-state index in [0.29, 0.717) is 5.88 Å². The summed E-state index contributed by atoms with van der Waals surface area (Å²) in [6, 6.07) is 5.48. The molecular weight excluding hydrogens is 273 g/mol. The fraction of sp³-hybridized carbons (Fsp3) is 0.583. The predicted octanol–water partition coefficient (Wildman–Crippen LogP) is 1.48. The maximum absolute atomic E-state index is 5.05. The van der Waals surface area contributed by atoms with E-state index in [-0.39, 0.29) is 24.8 Å². The number of fused-ring (bicyclic) bond motifs is 2. The molecule has 2 unspecified atom stereocenters. The first-order valence-electron chi connectivity index (χ1n) is 5.81. The molecule has 1 aromatic rings. The Morgan fingerprint density at radius 2 is 2.00 bits per heavy atom. The quantitative estimate of drug-likeness (QED) is 0.915. The van der Waals surface area contributed by atoms with Crippen LogP contribution in [0.3, 0.4) is 0 Å². The van der Waals surface area contributed by atoms with Crippen LogP contribution in [0.4, 0.5) is 0 Å². The SMILES string of the molecule is COc1ccc(CN2CC3CC(C2)N3)cn1.Cl.Cl. The summed E-state index contributed by atoms with van der Waals surface area (Å²) in [5.74, 6) is 0.687. The van der Waals surface area contributed by atoms with Gasteiger partial charge < -0.3 is 10.1 Å². The summed E-state index contributed by atoms with van der Waals surface area (Å²) in [6.45, 7) is 3.34. The van der Waals surface area contributed by atoms with Crippen molar-refractivity contribution in [1.82, 2.24) is 15.2 Å². The van der Waals surface area contributed by atoms with Gasteiger partial charge >= 0.3 is 0 Å². The number of hydrogen-bond donors (Lipinski definition) is 1. The molecule has 0 spiro atoms. The second kappa shape index (κ2) is 6.57. The lowest BCUT2D eigenvalue weighted by Crippen LogP contribution is -2.66. The van der Waals surface area contributed by atoms with E-state index in [9.17, 15) is 0 Å². The standard InChI is InChI=1S/C12H17N3O.2ClH/c1-16-12-3-2-9(5-13-12)6-15-7-10-4-11(8-15)14-10;;/h2-3,5,10-11,14H,4,6-8H2,1H3;2*1H. The molecule has 4 heterocycles. The van der Waals surface area contributed by atoms with Crippen molar-refractivity contribution < 1.29 is 4.74 Å². The predicted molar refractivity (Wildman–Crippen MR) is 75.9 cm³/mol. The van der Waals surface area contributed by atoms with Gasteiger partial charge in [-0.25, -0.2) is 4.98 Å². The van der Waals surface area contributed by atoms with E-state index in [1.807, 2.05) is 12.3 Å². The van der Waals surface area contributed by atoms with Crippen molar-refractivity contribution in [2.24, 2.45) is 0 Å². The molecule has 1 N–H and O–H groups in total. The van der Waals surface area contributed by atoms with Crippen molar-refractivity contribution in [1.29, 1.82) is 0 Å². The summed E-state index contributed by atoms with van der Waals surface area (Å²) < 4.78 is 5.05. The van der Waals surface area contributed by atoms with Gasteiger partial charge in [0.05, 0.1) is 7.11 Å². The fourth-order valence-corrected chi connectivity index (χ4v) is 2.62. The highest BCUT2D eigenvalue weighted by Crippen LogP contribution is 2.22. The van der Waals surface area contributed by atoms with Gasteiger partial charge in [-0.2, -0.15) is 0 Å². The van der Waals surface area contributed by atoms with Crippen LogP contribution in [0.25, 0.3) is 0 Å². The minimum Gasteiger partial charge on any atom is -0.481 e. The molecule has 3 aliphatic heterocycles. The van der Waals surface area contributed by atoms with Crippen LogP contribution in [0, 0.1) is 0 Å². The molecule has 3 aliphatic rings. The van der Waals surface area contributed by atoms with E-state index in [1.165, 1.54) is 25.1 Å². The van der Waals surface area contributed by atoms with E-state index in [0.717, 1.165) is 18.6 Å². The van der Waals surface area contributed by atoms with Gasteiger partial charge in [-0.1, -0.05) is 6.07 Å². The first-order valence-corrected chi connectivity index (χ1v) is 5.81. The zero-order chi connectivity index (χ0) is 11.0. The molecule has 2 atom stereocenters. The number of rotatable bonds is 3. The Kier molecular flexibility index (Phi) is 5.66. The summed E-state index contributed by atoms with van der Waals surface area (Å²) in [5, 5.41) is 3.54.